The molecule has 0 aromatic rings. The summed E-state index contributed by atoms with van der Waals surface area (Å²) < 4.78 is 0. The molecule has 1 N–H and O–H groups in total. The molecule has 1 saturated carbocycles. The lowest BCUT2D eigenvalue weighted by molar-refractivity contribution is 0.370. The van der Waals surface area contributed by atoms with Crippen LogP contribution in [0.4, 0.5) is 0 Å². The summed E-state index contributed by atoms with van der Waals surface area (Å²) >= 11 is 0. The highest BCUT2D eigenvalue weighted by Crippen LogP contribution is 2.26. The zero-order chi connectivity index (χ0) is 9.52. The van der Waals surface area contributed by atoms with E-state index in [0.29, 0.717) is 0 Å². The van der Waals surface area contributed by atoms with Crippen LogP contribution in [0.25, 0.3) is 0 Å². The maximum atomic E-state index is 3.61. The SMILES string of the molecule is CCCC1CCCCC(NCC)C1. The van der Waals surface area contributed by atoms with E-state index in [4.69, 9.17) is 0 Å². The van der Waals surface area contributed by atoms with Crippen molar-refractivity contribution in [2.75, 3.05) is 6.54 Å². The number of hydrogen-bond donors (Lipinski definition) is 1. The molecule has 1 nitrogen and oxygen atoms in total. The van der Waals surface area contributed by atoms with Crippen LogP contribution in [-0.2, 0) is 0 Å². The Morgan fingerprint density at radius 3 is 2.62 bits per heavy atom. The highest BCUT2D eigenvalue weighted by Gasteiger charge is 2.18. The van der Waals surface area contributed by atoms with Crippen molar-refractivity contribution in [2.24, 2.45) is 5.92 Å². The highest BCUT2D eigenvalue weighted by molar-refractivity contribution is 4.75. The van der Waals surface area contributed by atoms with E-state index in [1.807, 2.05) is 0 Å². The van der Waals surface area contributed by atoms with Gasteiger partial charge in [-0.2, -0.15) is 0 Å². The van der Waals surface area contributed by atoms with Gasteiger partial charge in [0.1, 0.15) is 0 Å². The largest absolute Gasteiger partial charge is 0.314 e. The number of nitrogens with one attached hydrogen (secondary N) is 1. The van der Waals surface area contributed by atoms with Gasteiger partial charge < -0.3 is 5.32 Å². The second-order valence-corrected chi connectivity index (χ2v) is 4.43. The van der Waals surface area contributed by atoms with Gasteiger partial charge >= 0.3 is 0 Å². The van der Waals surface area contributed by atoms with E-state index < -0.39 is 0 Å². The maximum absolute atomic E-state index is 3.61. The second-order valence-electron chi connectivity index (χ2n) is 4.43. The molecule has 0 bridgehead atoms. The van der Waals surface area contributed by atoms with Crippen molar-refractivity contribution in [3.05, 3.63) is 0 Å². The van der Waals surface area contributed by atoms with Crippen LogP contribution < -0.4 is 5.32 Å². The molecule has 0 spiro atoms. The molecule has 2 atom stereocenters. The van der Waals surface area contributed by atoms with E-state index in [9.17, 15) is 0 Å². The van der Waals surface area contributed by atoms with E-state index in [-0.39, 0.29) is 0 Å². The van der Waals surface area contributed by atoms with Crippen molar-refractivity contribution in [1.82, 2.24) is 5.32 Å². The minimum Gasteiger partial charge on any atom is -0.314 e. The van der Waals surface area contributed by atoms with Crippen LogP contribution in [-0.4, -0.2) is 12.6 Å². The normalized spacial score (nSPS) is 30.0. The van der Waals surface area contributed by atoms with Crippen LogP contribution >= 0.6 is 0 Å². The standard InChI is InChI=1S/C12H25N/c1-3-7-11-8-5-6-9-12(10-11)13-4-2/h11-13H,3-10H2,1-2H3. The van der Waals surface area contributed by atoms with Crippen LogP contribution in [0.15, 0.2) is 0 Å². The molecule has 0 aromatic carbocycles. The fourth-order valence-electron chi connectivity index (χ4n) is 2.61. The van der Waals surface area contributed by atoms with Gasteiger partial charge in [0.15, 0.2) is 0 Å². The van der Waals surface area contributed by atoms with Crippen molar-refractivity contribution in [2.45, 2.75) is 64.8 Å². The molecule has 0 aliphatic heterocycles. The summed E-state index contributed by atoms with van der Waals surface area (Å²) in [5.74, 6) is 1.01. The summed E-state index contributed by atoms with van der Waals surface area (Å²) in [5, 5.41) is 3.61. The monoisotopic (exact) mass is 183 g/mol. The summed E-state index contributed by atoms with van der Waals surface area (Å²) in [6, 6.07) is 0.823. The van der Waals surface area contributed by atoms with Crippen LogP contribution in [0, 0.1) is 5.92 Å². The molecule has 0 amide bonds. The Morgan fingerprint density at radius 2 is 1.92 bits per heavy atom. The zero-order valence-electron chi connectivity index (χ0n) is 9.31. The minimum absolute atomic E-state index is 0.823. The summed E-state index contributed by atoms with van der Waals surface area (Å²) in [6.45, 7) is 5.68. The molecule has 0 aromatic heterocycles. The Kier molecular flexibility index (Phi) is 5.45. The van der Waals surface area contributed by atoms with Gasteiger partial charge in [-0.15, -0.1) is 0 Å². The smallest absolute Gasteiger partial charge is 0.00695 e. The van der Waals surface area contributed by atoms with Gasteiger partial charge in [-0.1, -0.05) is 46.0 Å². The Bertz CT molecular complexity index is 108. The molecular formula is C12H25N. The van der Waals surface area contributed by atoms with Gasteiger partial charge in [0.25, 0.3) is 0 Å². The van der Waals surface area contributed by atoms with E-state index in [1.54, 1.807) is 0 Å². The van der Waals surface area contributed by atoms with Gasteiger partial charge in [-0.25, -0.2) is 0 Å². The molecule has 0 radical (unpaired) electrons. The lowest BCUT2D eigenvalue weighted by Gasteiger charge is -2.20. The van der Waals surface area contributed by atoms with Crippen molar-refractivity contribution >= 4 is 0 Å². The van der Waals surface area contributed by atoms with Crippen molar-refractivity contribution in [3.8, 4) is 0 Å². The van der Waals surface area contributed by atoms with Crippen molar-refractivity contribution < 1.29 is 0 Å². The summed E-state index contributed by atoms with van der Waals surface area (Å²) in [7, 11) is 0. The van der Waals surface area contributed by atoms with E-state index in [0.717, 1.165) is 18.5 Å². The zero-order valence-corrected chi connectivity index (χ0v) is 9.31. The van der Waals surface area contributed by atoms with E-state index in [2.05, 4.69) is 19.2 Å². The average Bonchev–Trinajstić information content (AvgIpc) is 2.32. The third-order valence-corrected chi connectivity index (χ3v) is 3.22. The lowest BCUT2D eigenvalue weighted by atomic mass is 9.93. The minimum atomic E-state index is 0.823. The van der Waals surface area contributed by atoms with Gasteiger partial charge in [0.05, 0.1) is 0 Å². The van der Waals surface area contributed by atoms with E-state index in [1.165, 1.54) is 44.9 Å². The third-order valence-electron chi connectivity index (χ3n) is 3.22. The molecule has 1 aliphatic rings. The first-order valence-electron chi connectivity index (χ1n) is 6.10. The van der Waals surface area contributed by atoms with Crippen LogP contribution in [0.2, 0.25) is 0 Å². The molecule has 1 aliphatic carbocycles. The quantitative estimate of drug-likeness (QED) is 0.659. The molecule has 1 fully saturated rings. The molecule has 2 unspecified atom stereocenters. The Morgan fingerprint density at radius 1 is 1.15 bits per heavy atom. The Balaban J connectivity index is 2.30. The highest BCUT2D eigenvalue weighted by atomic mass is 14.9. The Labute approximate surface area is 83.3 Å². The van der Waals surface area contributed by atoms with Crippen molar-refractivity contribution in [3.63, 3.8) is 0 Å². The van der Waals surface area contributed by atoms with Gasteiger partial charge in [-0.3, -0.25) is 0 Å². The molecule has 0 heterocycles. The van der Waals surface area contributed by atoms with Crippen LogP contribution in [0.3, 0.4) is 0 Å². The average molecular weight is 183 g/mol. The molecule has 1 rings (SSSR count). The predicted molar refractivity (Wildman–Crippen MR) is 58.9 cm³/mol. The first-order chi connectivity index (χ1) is 6.36. The predicted octanol–water partition coefficient (Wildman–Crippen LogP) is 3.34. The van der Waals surface area contributed by atoms with Gasteiger partial charge in [0, 0.05) is 6.04 Å². The number of rotatable bonds is 4. The molecule has 78 valence electrons. The summed E-state index contributed by atoms with van der Waals surface area (Å²) in [4.78, 5) is 0. The Hall–Kier alpha value is -0.0400. The van der Waals surface area contributed by atoms with Gasteiger partial charge in [0.2, 0.25) is 0 Å². The number of hydrogen-bond acceptors (Lipinski definition) is 1. The summed E-state index contributed by atoms with van der Waals surface area (Å²) in [6.07, 6.45) is 10.0. The topological polar surface area (TPSA) is 12.0 Å². The maximum Gasteiger partial charge on any atom is 0.00695 e. The second kappa shape index (κ2) is 6.42. The fourth-order valence-corrected chi connectivity index (χ4v) is 2.61. The molecular weight excluding hydrogens is 158 g/mol. The van der Waals surface area contributed by atoms with Crippen LogP contribution in [0.1, 0.15) is 58.8 Å². The molecule has 1 heteroatoms. The van der Waals surface area contributed by atoms with E-state index >= 15 is 0 Å². The first kappa shape index (κ1) is 11.0. The fraction of sp³-hybridized carbons (Fsp3) is 1.00. The third kappa shape index (κ3) is 4.12. The van der Waals surface area contributed by atoms with Crippen molar-refractivity contribution in [1.29, 1.82) is 0 Å². The van der Waals surface area contributed by atoms with Gasteiger partial charge in [-0.05, 0) is 25.3 Å². The molecule has 0 saturated heterocycles. The van der Waals surface area contributed by atoms with Crippen LogP contribution in [0.5, 0.6) is 0 Å². The molecule has 13 heavy (non-hydrogen) atoms. The first-order valence-corrected chi connectivity index (χ1v) is 6.10. The lowest BCUT2D eigenvalue weighted by Crippen LogP contribution is -2.29. The summed E-state index contributed by atoms with van der Waals surface area (Å²) in [5.41, 5.74) is 0.